The van der Waals surface area contributed by atoms with E-state index in [0.29, 0.717) is 6.54 Å². The van der Waals surface area contributed by atoms with Crippen molar-refractivity contribution in [1.29, 1.82) is 0 Å². The third-order valence-corrected chi connectivity index (χ3v) is 3.04. The molecule has 0 aromatic carbocycles. The first kappa shape index (κ1) is 15.7. The quantitative estimate of drug-likeness (QED) is 0.673. The van der Waals surface area contributed by atoms with Gasteiger partial charge in [-0.15, -0.1) is 0 Å². The molecule has 0 saturated heterocycles. The zero-order chi connectivity index (χ0) is 14.3. The average molecular weight is 266 g/mol. The Kier molecular flexibility index (Phi) is 6.56. The van der Waals surface area contributed by atoms with Gasteiger partial charge in [-0.2, -0.15) is 0 Å². The number of aliphatic hydroxyl groups excluding tert-OH is 1. The molecular weight excluding hydrogens is 240 g/mol. The SMILES string of the molecule is CCCc1c(NCC)ncnc1NCC(O)C(C)C. The molecule has 3 N–H and O–H groups in total. The van der Waals surface area contributed by atoms with Gasteiger partial charge in [0.2, 0.25) is 0 Å². The fraction of sp³-hybridized carbons (Fsp3) is 0.714. The molecule has 1 aromatic heterocycles. The predicted molar refractivity (Wildman–Crippen MR) is 79.5 cm³/mol. The van der Waals surface area contributed by atoms with Crippen molar-refractivity contribution in [3.05, 3.63) is 11.9 Å². The van der Waals surface area contributed by atoms with Crippen molar-refractivity contribution in [3.8, 4) is 0 Å². The smallest absolute Gasteiger partial charge is 0.134 e. The Morgan fingerprint density at radius 2 is 1.79 bits per heavy atom. The average Bonchev–Trinajstić information content (AvgIpc) is 2.39. The van der Waals surface area contributed by atoms with Crippen molar-refractivity contribution in [1.82, 2.24) is 9.97 Å². The van der Waals surface area contributed by atoms with Crippen molar-refractivity contribution in [3.63, 3.8) is 0 Å². The van der Waals surface area contributed by atoms with E-state index in [0.717, 1.165) is 36.6 Å². The molecule has 0 fully saturated rings. The van der Waals surface area contributed by atoms with Gasteiger partial charge in [0, 0.05) is 18.7 Å². The van der Waals surface area contributed by atoms with Crippen LogP contribution in [0.4, 0.5) is 11.6 Å². The maximum absolute atomic E-state index is 9.86. The highest BCUT2D eigenvalue weighted by Crippen LogP contribution is 2.21. The minimum atomic E-state index is -0.368. The molecule has 1 rings (SSSR count). The second-order valence-corrected chi connectivity index (χ2v) is 5.02. The summed E-state index contributed by atoms with van der Waals surface area (Å²) < 4.78 is 0. The van der Waals surface area contributed by atoms with Gasteiger partial charge >= 0.3 is 0 Å². The van der Waals surface area contributed by atoms with Crippen molar-refractivity contribution >= 4 is 11.6 Å². The van der Waals surface area contributed by atoms with Crippen LogP contribution in [-0.2, 0) is 6.42 Å². The van der Waals surface area contributed by atoms with Gasteiger partial charge in [0.25, 0.3) is 0 Å². The summed E-state index contributed by atoms with van der Waals surface area (Å²) in [6.07, 6.45) is 3.14. The molecule has 5 nitrogen and oxygen atoms in total. The van der Waals surface area contributed by atoms with E-state index in [4.69, 9.17) is 0 Å². The first-order valence-electron chi connectivity index (χ1n) is 7.09. The number of aromatic nitrogens is 2. The van der Waals surface area contributed by atoms with Gasteiger partial charge in [-0.1, -0.05) is 27.2 Å². The summed E-state index contributed by atoms with van der Waals surface area (Å²) in [4.78, 5) is 8.58. The summed E-state index contributed by atoms with van der Waals surface area (Å²) in [5.74, 6) is 1.95. The molecule has 0 aliphatic carbocycles. The predicted octanol–water partition coefficient (Wildman–Crippen LogP) is 2.29. The van der Waals surface area contributed by atoms with Crippen LogP contribution in [-0.4, -0.2) is 34.3 Å². The number of nitrogens with zero attached hydrogens (tertiary/aromatic N) is 2. The van der Waals surface area contributed by atoms with Gasteiger partial charge in [-0.3, -0.25) is 0 Å². The molecule has 0 spiro atoms. The van der Waals surface area contributed by atoms with Crippen LogP contribution in [0.1, 0.15) is 39.7 Å². The number of rotatable bonds is 8. The zero-order valence-electron chi connectivity index (χ0n) is 12.4. The molecular formula is C14H26N4O. The number of aliphatic hydroxyl groups is 1. The van der Waals surface area contributed by atoms with Crippen molar-refractivity contribution < 1.29 is 5.11 Å². The molecule has 1 heterocycles. The van der Waals surface area contributed by atoms with Gasteiger partial charge in [-0.05, 0) is 19.3 Å². The monoisotopic (exact) mass is 266 g/mol. The summed E-state index contributed by atoms with van der Waals surface area (Å²) in [6.45, 7) is 9.54. The minimum absolute atomic E-state index is 0.234. The molecule has 1 unspecified atom stereocenters. The third-order valence-electron chi connectivity index (χ3n) is 3.04. The Morgan fingerprint density at radius 1 is 1.16 bits per heavy atom. The first-order chi connectivity index (χ1) is 9.10. The van der Waals surface area contributed by atoms with Crippen LogP contribution < -0.4 is 10.6 Å². The van der Waals surface area contributed by atoms with E-state index in [1.807, 2.05) is 20.8 Å². The maximum Gasteiger partial charge on any atom is 0.134 e. The number of anilines is 2. The zero-order valence-corrected chi connectivity index (χ0v) is 12.4. The third kappa shape index (κ3) is 4.67. The van der Waals surface area contributed by atoms with Gasteiger partial charge in [0.05, 0.1) is 6.10 Å². The topological polar surface area (TPSA) is 70.1 Å². The molecule has 0 aliphatic heterocycles. The van der Waals surface area contributed by atoms with E-state index in [2.05, 4.69) is 27.5 Å². The molecule has 0 saturated carbocycles. The highest BCUT2D eigenvalue weighted by Gasteiger charge is 2.13. The van der Waals surface area contributed by atoms with Gasteiger partial charge in [-0.25, -0.2) is 9.97 Å². The molecule has 0 radical (unpaired) electrons. The van der Waals surface area contributed by atoms with Crippen molar-refractivity contribution in [2.75, 3.05) is 23.7 Å². The largest absolute Gasteiger partial charge is 0.391 e. The van der Waals surface area contributed by atoms with Crippen LogP contribution in [0.5, 0.6) is 0 Å². The Labute approximate surface area is 115 Å². The van der Waals surface area contributed by atoms with Crippen LogP contribution >= 0.6 is 0 Å². The molecule has 0 bridgehead atoms. The molecule has 0 aliphatic rings. The summed E-state index contributed by atoms with van der Waals surface area (Å²) in [5, 5.41) is 16.4. The normalized spacial score (nSPS) is 12.5. The Morgan fingerprint density at radius 3 is 2.32 bits per heavy atom. The lowest BCUT2D eigenvalue weighted by molar-refractivity contribution is 0.138. The lowest BCUT2D eigenvalue weighted by Gasteiger charge is -2.18. The maximum atomic E-state index is 9.86. The molecule has 1 aromatic rings. The highest BCUT2D eigenvalue weighted by molar-refractivity contribution is 5.57. The number of nitrogens with one attached hydrogen (secondary N) is 2. The Bertz CT molecular complexity index is 382. The van der Waals surface area contributed by atoms with E-state index in [1.54, 1.807) is 6.33 Å². The van der Waals surface area contributed by atoms with E-state index < -0.39 is 0 Å². The second-order valence-electron chi connectivity index (χ2n) is 5.02. The van der Waals surface area contributed by atoms with Crippen LogP contribution in [0.2, 0.25) is 0 Å². The first-order valence-corrected chi connectivity index (χ1v) is 7.09. The summed E-state index contributed by atoms with van der Waals surface area (Å²) in [7, 11) is 0. The van der Waals surface area contributed by atoms with E-state index >= 15 is 0 Å². The molecule has 108 valence electrons. The van der Waals surface area contributed by atoms with Crippen molar-refractivity contribution in [2.45, 2.75) is 46.6 Å². The lowest BCUT2D eigenvalue weighted by Crippen LogP contribution is -2.25. The Balaban J connectivity index is 2.83. The summed E-state index contributed by atoms with van der Waals surface area (Å²) >= 11 is 0. The van der Waals surface area contributed by atoms with E-state index in [9.17, 15) is 5.11 Å². The van der Waals surface area contributed by atoms with Crippen LogP contribution in [0.25, 0.3) is 0 Å². The molecule has 1 atom stereocenters. The summed E-state index contributed by atoms with van der Waals surface area (Å²) in [5.41, 5.74) is 1.10. The van der Waals surface area contributed by atoms with Crippen LogP contribution in [0, 0.1) is 5.92 Å². The van der Waals surface area contributed by atoms with Crippen molar-refractivity contribution in [2.24, 2.45) is 5.92 Å². The van der Waals surface area contributed by atoms with Gasteiger partial charge < -0.3 is 15.7 Å². The number of hydrogen-bond donors (Lipinski definition) is 3. The van der Waals surface area contributed by atoms with E-state index in [1.165, 1.54) is 0 Å². The molecule has 5 heteroatoms. The molecule has 0 amide bonds. The van der Waals surface area contributed by atoms with Gasteiger partial charge in [0.15, 0.2) is 0 Å². The fourth-order valence-corrected chi connectivity index (χ4v) is 1.81. The summed E-state index contributed by atoms with van der Waals surface area (Å²) in [6, 6.07) is 0. The van der Waals surface area contributed by atoms with Gasteiger partial charge in [0.1, 0.15) is 18.0 Å². The second kappa shape index (κ2) is 7.94. The minimum Gasteiger partial charge on any atom is -0.391 e. The Hall–Kier alpha value is -1.36. The molecule has 19 heavy (non-hydrogen) atoms. The highest BCUT2D eigenvalue weighted by atomic mass is 16.3. The van der Waals surface area contributed by atoms with Crippen LogP contribution in [0.15, 0.2) is 6.33 Å². The van der Waals surface area contributed by atoms with Crippen LogP contribution in [0.3, 0.4) is 0 Å². The standard InChI is InChI=1S/C14H26N4O/c1-5-7-11-13(15-6-2)17-9-18-14(11)16-8-12(19)10(3)4/h9-10,12,19H,5-8H2,1-4H3,(H2,15,16,17,18). The number of hydrogen-bond acceptors (Lipinski definition) is 5. The lowest BCUT2D eigenvalue weighted by atomic mass is 10.1. The fourth-order valence-electron chi connectivity index (χ4n) is 1.81. The van der Waals surface area contributed by atoms with E-state index in [-0.39, 0.29) is 12.0 Å².